The molecule has 1 unspecified atom stereocenters. The van der Waals surface area contributed by atoms with Crippen LogP contribution < -0.4 is 9.47 Å². The van der Waals surface area contributed by atoms with Crippen LogP contribution in [0, 0.1) is 0 Å². The van der Waals surface area contributed by atoms with E-state index in [-0.39, 0.29) is 30.6 Å². The van der Waals surface area contributed by atoms with E-state index in [2.05, 4.69) is 0 Å². The van der Waals surface area contributed by atoms with Gasteiger partial charge in [0, 0.05) is 19.2 Å². The van der Waals surface area contributed by atoms with Crippen LogP contribution in [-0.2, 0) is 14.3 Å². The average molecular weight is 440 g/mol. The van der Waals surface area contributed by atoms with Crippen molar-refractivity contribution in [3.8, 4) is 11.5 Å². The molecule has 0 spiro atoms. The number of aliphatic hydroxyl groups is 1. The third-order valence-corrected chi connectivity index (χ3v) is 5.08. The second-order valence-corrected chi connectivity index (χ2v) is 7.68. The largest absolute Gasteiger partial charge is 0.507 e. The fraction of sp³-hybridized carbons (Fsp3) is 0.360. The topological polar surface area (TPSA) is 85.3 Å². The summed E-state index contributed by atoms with van der Waals surface area (Å²) in [6.45, 7) is 6.76. The SMILES string of the molecule is CCOc1ccc(/C(O)=C2/C(=O)C(=O)N(CCOC)C2c2ccc(OC(C)C)cc2)cc1. The van der Waals surface area contributed by atoms with Crippen molar-refractivity contribution in [1.29, 1.82) is 0 Å². The standard InChI is InChI=1S/C25H29NO6/c1-5-31-19-10-8-18(9-11-19)23(27)21-22(26(14-15-30-4)25(29)24(21)28)17-6-12-20(13-7-17)32-16(2)3/h6-13,16,22,27H,5,14-15H2,1-4H3/b23-21-. The minimum atomic E-state index is -0.732. The lowest BCUT2D eigenvalue weighted by atomic mass is 9.95. The number of nitrogens with zero attached hydrogens (tertiary/aromatic N) is 1. The molecule has 0 bridgehead atoms. The van der Waals surface area contributed by atoms with Gasteiger partial charge in [-0.3, -0.25) is 9.59 Å². The number of hydrogen-bond acceptors (Lipinski definition) is 6. The number of amides is 1. The van der Waals surface area contributed by atoms with Gasteiger partial charge in [0.25, 0.3) is 11.7 Å². The fourth-order valence-electron chi connectivity index (χ4n) is 3.68. The Labute approximate surface area is 188 Å². The first-order valence-corrected chi connectivity index (χ1v) is 10.6. The molecule has 1 N–H and O–H groups in total. The second kappa shape index (κ2) is 10.3. The maximum absolute atomic E-state index is 13.0. The number of rotatable bonds is 9. The highest BCUT2D eigenvalue weighted by Gasteiger charge is 2.45. The Hall–Kier alpha value is -3.32. The van der Waals surface area contributed by atoms with Crippen LogP contribution in [0.2, 0.25) is 0 Å². The van der Waals surface area contributed by atoms with Crippen molar-refractivity contribution in [2.24, 2.45) is 0 Å². The molecule has 1 heterocycles. The van der Waals surface area contributed by atoms with Crippen molar-refractivity contribution in [3.63, 3.8) is 0 Å². The molecule has 2 aromatic rings. The molecule has 0 aliphatic carbocycles. The second-order valence-electron chi connectivity index (χ2n) is 7.68. The number of likely N-dealkylation sites (tertiary alicyclic amines) is 1. The van der Waals surface area contributed by atoms with E-state index in [0.29, 0.717) is 29.2 Å². The zero-order chi connectivity index (χ0) is 23.3. The Morgan fingerprint density at radius 3 is 2.22 bits per heavy atom. The van der Waals surface area contributed by atoms with Gasteiger partial charge in [-0.25, -0.2) is 0 Å². The molecule has 1 amide bonds. The summed E-state index contributed by atoms with van der Waals surface area (Å²) in [7, 11) is 1.53. The zero-order valence-electron chi connectivity index (χ0n) is 18.8. The number of hydrogen-bond donors (Lipinski definition) is 1. The van der Waals surface area contributed by atoms with E-state index in [4.69, 9.17) is 14.2 Å². The lowest BCUT2D eigenvalue weighted by molar-refractivity contribution is -0.140. The van der Waals surface area contributed by atoms with Crippen molar-refractivity contribution in [1.82, 2.24) is 4.90 Å². The molecule has 1 fully saturated rings. The van der Waals surface area contributed by atoms with Gasteiger partial charge in [0.15, 0.2) is 0 Å². The van der Waals surface area contributed by atoms with E-state index in [0.717, 1.165) is 0 Å². The highest BCUT2D eigenvalue weighted by Crippen LogP contribution is 2.39. The number of ether oxygens (including phenoxy) is 3. The quantitative estimate of drug-likeness (QED) is 0.362. The molecule has 0 aromatic heterocycles. The average Bonchev–Trinajstić information content (AvgIpc) is 3.03. The molecule has 7 heteroatoms. The van der Waals surface area contributed by atoms with Crippen LogP contribution in [0.15, 0.2) is 54.1 Å². The summed E-state index contributed by atoms with van der Waals surface area (Å²) < 4.78 is 16.3. The Kier molecular flexibility index (Phi) is 7.53. The summed E-state index contributed by atoms with van der Waals surface area (Å²) in [5, 5.41) is 11.1. The van der Waals surface area contributed by atoms with Crippen molar-refractivity contribution in [2.45, 2.75) is 32.9 Å². The lowest BCUT2D eigenvalue weighted by Gasteiger charge is -2.25. The molecule has 7 nitrogen and oxygen atoms in total. The van der Waals surface area contributed by atoms with Crippen molar-refractivity contribution in [2.75, 3.05) is 26.9 Å². The maximum atomic E-state index is 13.0. The molecular weight excluding hydrogens is 410 g/mol. The number of Topliss-reactive ketones (excluding diaryl/α,β-unsaturated/α-hetero) is 1. The van der Waals surface area contributed by atoms with Gasteiger partial charge in [0.05, 0.1) is 30.9 Å². The van der Waals surface area contributed by atoms with E-state index in [1.165, 1.54) is 12.0 Å². The summed E-state index contributed by atoms with van der Waals surface area (Å²) >= 11 is 0. The van der Waals surface area contributed by atoms with E-state index in [9.17, 15) is 14.7 Å². The lowest BCUT2D eigenvalue weighted by Crippen LogP contribution is -2.32. The fourth-order valence-corrected chi connectivity index (χ4v) is 3.68. The Morgan fingerprint density at radius 1 is 1.03 bits per heavy atom. The van der Waals surface area contributed by atoms with Gasteiger partial charge < -0.3 is 24.2 Å². The Bertz CT molecular complexity index is 978. The number of carbonyl (C=O) groups is 2. The highest BCUT2D eigenvalue weighted by molar-refractivity contribution is 6.46. The number of benzene rings is 2. The van der Waals surface area contributed by atoms with Crippen LogP contribution in [0.3, 0.4) is 0 Å². The van der Waals surface area contributed by atoms with Crippen LogP contribution in [0.25, 0.3) is 5.76 Å². The van der Waals surface area contributed by atoms with Crippen LogP contribution in [0.5, 0.6) is 11.5 Å². The van der Waals surface area contributed by atoms with Crippen LogP contribution in [0.4, 0.5) is 0 Å². The summed E-state index contributed by atoms with van der Waals surface area (Å²) in [5.41, 5.74) is 1.18. The molecule has 0 saturated carbocycles. The van der Waals surface area contributed by atoms with Crippen LogP contribution in [0.1, 0.15) is 37.9 Å². The normalized spacial score (nSPS) is 17.8. The number of aliphatic hydroxyl groups excluding tert-OH is 1. The monoisotopic (exact) mass is 439 g/mol. The first-order valence-electron chi connectivity index (χ1n) is 10.6. The summed E-state index contributed by atoms with van der Waals surface area (Å²) in [5.74, 6) is -0.271. The van der Waals surface area contributed by atoms with Gasteiger partial charge in [-0.05, 0) is 62.7 Å². The summed E-state index contributed by atoms with van der Waals surface area (Å²) in [6, 6.07) is 13.2. The van der Waals surface area contributed by atoms with Gasteiger partial charge >= 0.3 is 0 Å². The van der Waals surface area contributed by atoms with Gasteiger partial charge in [-0.2, -0.15) is 0 Å². The van der Waals surface area contributed by atoms with Gasteiger partial charge in [0.2, 0.25) is 0 Å². The molecule has 1 aliphatic heterocycles. The van der Waals surface area contributed by atoms with E-state index < -0.39 is 17.7 Å². The van der Waals surface area contributed by atoms with Crippen LogP contribution >= 0.6 is 0 Å². The molecular formula is C25H29NO6. The third kappa shape index (κ3) is 4.94. The molecule has 2 aromatic carbocycles. The number of carbonyl (C=O) groups excluding carboxylic acids is 2. The first kappa shape index (κ1) is 23.3. The zero-order valence-corrected chi connectivity index (χ0v) is 18.8. The molecule has 3 rings (SSSR count). The maximum Gasteiger partial charge on any atom is 0.295 e. The van der Waals surface area contributed by atoms with Crippen molar-refractivity contribution >= 4 is 17.4 Å². The first-order chi connectivity index (χ1) is 15.4. The smallest absolute Gasteiger partial charge is 0.295 e. The highest BCUT2D eigenvalue weighted by atomic mass is 16.5. The number of ketones is 1. The van der Waals surface area contributed by atoms with E-state index >= 15 is 0 Å². The predicted octanol–water partition coefficient (Wildman–Crippen LogP) is 3.94. The molecule has 1 aliphatic rings. The van der Waals surface area contributed by atoms with Gasteiger partial charge in [0.1, 0.15) is 17.3 Å². The molecule has 170 valence electrons. The van der Waals surface area contributed by atoms with E-state index in [1.807, 2.05) is 20.8 Å². The summed E-state index contributed by atoms with van der Waals surface area (Å²) in [4.78, 5) is 27.2. The third-order valence-electron chi connectivity index (χ3n) is 5.08. The van der Waals surface area contributed by atoms with Gasteiger partial charge in [-0.15, -0.1) is 0 Å². The molecule has 1 atom stereocenters. The molecule has 32 heavy (non-hydrogen) atoms. The number of methoxy groups -OCH3 is 1. The van der Waals surface area contributed by atoms with Crippen LogP contribution in [-0.4, -0.2) is 54.7 Å². The Balaban J connectivity index is 2.05. The predicted molar refractivity (Wildman–Crippen MR) is 121 cm³/mol. The Morgan fingerprint density at radius 2 is 1.66 bits per heavy atom. The van der Waals surface area contributed by atoms with Gasteiger partial charge in [-0.1, -0.05) is 12.1 Å². The van der Waals surface area contributed by atoms with Crippen molar-refractivity contribution in [3.05, 3.63) is 65.2 Å². The molecule has 1 saturated heterocycles. The van der Waals surface area contributed by atoms with Crippen molar-refractivity contribution < 1.29 is 28.9 Å². The minimum absolute atomic E-state index is 0.0212. The summed E-state index contributed by atoms with van der Waals surface area (Å²) in [6.07, 6.45) is 0.0212. The minimum Gasteiger partial charge on any atom is -0.507 e. The van der Waals surface area contributed by atoms with E-state index in [1.54, 1.807) is 48.5 Å². The molecule has 0 radical (unpaired) electrons.